The first-order valence-electron chi connectivity index (χ1n) is 27.0. The molecule has 0 spiro atoms. The number of aliphatic carboxylic acids is 1. The number of carbonyl (C=O) groups is 7. The topological polar surface area (TPSA) is 290 Å². The summed E-state index contributed by atoms with van der Waals surface area (Å²) in [6.45, 7) is 20.3. The van der Waals surface area contributed by atoms with Crippen LogP contribution in [0.5, 0.6) is 11.5 Å². The number of aliphatic hydroxyl groups excluding tert-OH is 3. The number of nitrogens with one attached hydrogen (secondary N) is 5. The first-order chi connectivity index (χ1) is 36.2. The van der Waals surface area contributed by atoms with Gasteiger partial charge in [0.1, 0.15) is 24.6 Å². The van der Waals surface area contributed by atoms with E-state index >= 15 is 0 Å². The average molecular weight is 1070 g/mol. The molecule has 18 nitrogen and oxygen atoms in total. The van der Waals surface area contributed by atoms with Gasteiger partial charge >= 0.3 is 11.9 Å². The maximum Gasteiger partial charge on any atom is 0.330 e. The molecule has 0 heterocycles. The van der Waals surface area contributed by atoms with Crippen molar-refractivity contribution >= 4 is 41.5 Å². The van der Waals surface area contributed by atoms with Gasteiger partial charge in [0, 0.05) is 23.3 Å². The number of benzene rings is 2. The molecule has 0 aromatic heterocycles. The lowest BCUT2D eigenvalue weighted by atomic mass is 9.55. The van der Waals surface area contributed by atoms with Gasteiger partial charge in [-0.05, 0) is 198 Å². The normalized spacial score (nSPS) is 27.1. The van der Waals surface area contributed by atoms with Crippen molar-refractivity contribution in [1.29, 1.82) is 0 Å². The van der Waals surface area contributed by atoms with Gasteiger partial charge < -0.3 is 56.9 Å². The molecule has 10 N–H and O–H groups in total. The molecule has 0 bridgehead atoms. The molecule has 4 fully saturated rings. The van der Waals surface area contributed by atoms with E-state index in [-0.39, 0.29) is 60.7 Å². The van der Waals surface area contributed by atoms with E-state index in [4.69, 9.17) is 14.9 Å². The zero-order valence-electron chi connectivity index (χ0n) is 45.8. The summed E-state index contributed by atoms with van der Waals surface area (Å²) in [6, 6.07) is 11.8. The molecule has 5 amide bonds. The van der Waals surface area contributed by atoms with E-state index in [1.807, 2.05) is 24.3 Å². The summed E-state index contributed by atoms with van der Waals surface area (Å²) in [7, 11) is 0. The van der Waals surface area contributed by atoms with Gasteiger partial charge in [-0.25, -0.2) is 4.79 Å². The van der Waals surface area contributed by atoms with Crippen molar-refractivity contribution in [2.45, 2.75) is 149 Å². The smallest absolute Gasteiger partial charge is 0.330 e. The predicted octanol–water partition coefficient (Wildman–Crippen LogP) is 5.17. The molecule has 77 heavy (non-hydrogen) atoms. The Labute approximate surface area is 453 Å². The Morgan fingerprint density at radius 2 is 1.05 bits per heavy atom. The van der Waals surface area contributed by atoms with Crippen LogP contribution in [-0.4, -0.2) is 118 Å². The van der Waals surface area contributed by atoms with Crippen molar-refractivity contribution in [3.05, 3.63) is 95.1 Å². The van der Waals surface area contributed by atoms with E-state index in [9.17, 15) is 48.9 Å². The third kappa shape index (κ3) is 16.1. The second-order valence-corrected chi connectivity index (χ2v) is 22.5. The number of phenolic OH excluding ortho intramolecular Hbond substituents is 1. The van der Waals surface area contributed by atoms with Crippen molar-refractivity contribution < 1.29 is 63.8 Å². The second-order valence-electron chi connectivity index (χ2n) is 22.5. The summed E-state index contributed by atoms with van der Waals surface area (Å²) in [5, 5.41) is 59.3. The minimum absolute atomic E-state index is 0.0614. The molecule has 6 aliphatic rings. The number of amides is 5. The number of aryl methyl sites for hydroxylation is 2. The second kappa shape index (κ2) is 27.3. The van der Waals surface area contributed by atoms with Crippen LogP contribution < -0.4 is 31.3 Å². The minimum atomic E-state index is -1.13. The van der Waals surface area contributed by atoms with Gasteiger partial charge in [-0.1, -0.05) is 45.7 Å². The predicted molar refractivity (Wildman–Crippen MR) is 290 cm³/mol. The molecule has 0 saturated heterocycles. The number of hydrogen-bond acceptors (Lipinski definition) is 12. The zero-order valence-corrected chi connectivity index (χ0v) is 45.8. The van der Waals surface area contributed by atoms with Crippen LogP contribution in [0.3, 0.4) is 0 Å². The number of carbonyl (C=O) groups excluding carboxylic acids is 6. The van der Waals surface area contributed by atoms with E-state index in [0.29, 0.717) is 52.2 Å². The van der Waals surface area contributed by atoms with Gasteiger partial charge in [-0.2, -0.15) is 0 Å². The molecule has 11 atom stereocenters. The Bertz CT molecular complexity index is 2540. The fraction of sp³-hybridized carbons (Fsp3) is 0.576. The fourth-order valence-corrected chi connectivity index (χ4v) is 12.8. The lowest BCUT2D eigenvalue weighted by molar-refractivity contribution is -0.138. The third-order valence-corrected chi connectivity index (χ3v) is 16.9. The molecule has 1 unspecified atom stereocenters. The lowest BCUT2D eigenvalue weighted by Crippen LogP contribution is -2.43. The van der Waals surface area contributed by atoms with Crippen molar-refractivity contribution in [3.63, 3.8) is 0 Å². The van der Waals surface area contributed by atoms with Gasteiger partial charge in [0.2, 0.25) is 29.5 Å². The maximum atomic E-state index is 12.2. The summed E-state index contributed by atoms with van der Waals surface area (Å²) in [5.41, 5.74) is 6.70. The SMILES string of the molecule is C=C(C)C(=O)NCC(=O)NCC(=O)O.C=C(C)C(=O)NCC(=O)NCC(=O)Oc1ccc2c(c1)CC[C@@H]1[C@@H]2CC[C@]2(C)[C@@H](O)CC[C@@H]12.C=C(C)C(=O)NCC(C)O.C[C@]12CC[C@@H]3c4ccc(O)cc4CC[C@H]3[C@@H]1CC[C@@H]2O. The van der Waals surface area contributed by atoms with Crippen LogP contribution in [0.25, 0.3) is 0 Å². The first-order valence-corrected chi connectivity index (χ1v) is 27.0. The number of rotatable bonds is 14. The van der Waals surface area contributed by atoms with Crippen LogP contribution in [0.1, 0.15) is 140 Å². The van der Waals surface area contributed by atoms with Gasteiger partial charge in [-0.3, -0.25) is 28.8 Å². The van der Waals surface area contributed by atoms with E-state index in [1.165, 1.54) is 48.4 Å². The van der Waals surface area contributed by atoms with Gasteiger partial charge in [0.15, 0.2) is 0 Å². The molecule has 2 aromatic rings. The Kier molecular flexibility index (Phi) is 21.8. The summed E-state index contributed by atoms with van der Waals surface area (Å²) < 4.78 is 5.44. The number of hydrogen-bond donors (Lipinski definition) is 10. The van der Waals surface area contributed by atoms with Crippen molar-refractivity contribution in [2.24, 2.45) is 34.5 Å². The van der Waals surface area contributed by atoms with E-state index in [1.54, 1.807) is 20.8 Å². The fourth-order valence-electron chi connectivity index (χ4n) is 12.8. The summed E-state index contributed by atoms with van der Waals surface area (Å²) in [5.74, 6) is 0.912. The molecule has 18 heteroatoms. The number of carboxylic acids is 1. The molecule has 2 aromatic carbocycles. The van der Waals surface area contributed by atoms with Crippen LogP contribution >= 0.6 is 0 Å². The number of esters is 1. The van der Waals surface area contributed by atoms with E-state index in [0.717, 1.165) is 63.7 Å². The molecule has 8 rings (SSSR count). The van der Waals surface area contributed by atoms with Crippen LogP contribution in [0.2, 0.25) is 0 Å². The number of carboxylic acid groups (broad SMARTS) is 1. The summed E-state index contributed by atoms with van der Waals surface area (Å²) in [4.78, 5) is 77.9. The molecule has 422 valence electrons. The molecule has 0 aliphatic heterocycles. The Morgan fingerprint density at radius 1 is 0.610 bits per heavy atom. The highest BCUT2D eigenvalue weighted by atomic mass is 16.5. The van der Waals surface area contributed by atoms with Crippen LogP contribution in [0, 0.1) is 34.5 Å². The van der Waals surface area contributed by atoms with E-state index in [2.05, 4.69) is 72.3 Å². The van der Waals surface area contributed by atoms with Crippen LogP contribution in [0.4, 0.5) is 0 Å². The van der Waals surface area contributed by atoms with Gasteiger partial charge in [-0.15, -0.1) is 0 Å². The average Bonchev–Trinajstić information content (AvgIpc) is 3.97. The number of aromatic hydroxyl groups is 1. The largest absolute Gasteiger partial charge is 0.508 e. The summed E-state index contributed by atoms with van der Waals surface area (Å²) in [6.07, 6.45) is 12.4. The van der Waals surface area contributed by atoms with Crippen molar-refractivity contribution in [1.82, 2.24) is 26.6 Å². The maximum absolute atomic E-state index is 12.2. The monoisotopic (exact) mass is 1070 g/mol. The van der Waals surface area contributed by atoms with E-state index < -0.39 is 48.2 Å². The third-order valence-electron chi connectivity index (χ3n) is 16.9. The first kappa shape index (κ1) is 61.5. The van der Waals surface area contributed by atoms with Gasteiger partial charge in [0.05, 0.1) is 31.4 Å². The Balaban J connectivity index is 0.000000211. The molecular weight excluding hydrogens is 987 g/mol. The summed E-state index contributed by atoms with van der Waals surface area (Å²) >= 11 is 0. The molecule has 4 saturated carbocycles. The number of ether oxygens (including phenoxy) is 1. The van der Waals surface area contributed by atoms with Crippen LogP contribution in [-0.2, 0) is 46.4 Å². The Hall–Kier alpha value is -6.37. The molecule has 6 aliphatic carbocycles. The van der Waals surface area contributed by atoms with Gasteiger partial charge in [0.25, 0.3) is 0 Å². The highest BCUT2D eigenvalue weighted by Crippen LogP contribution is 2.62. The molecule has 0 radical (unpaired) electrons. The number of aliphatic hydroxyl groups is 3. The Morgan fingerprint density at radius 3 is 1.51 bits per heavy atom. The van der Waals surface area contributed by atoms with Crippen molar-refractivity contribution in [3.8, 4) is 11.5 Å². The highest BCUT2D eigenvalue weighted by Gasteiger charge is 2.55. The van der Waals surface area contributed by atoms with Crippen LogP contribution in [0.15, 0.2) is 72.9 Å². The quantitative estimate of drug-likeness (QED) is 0.0665. The highest BCUT2D eigenvalue weighted by molar-refractivity contribution is 5.96. The number of phenols is 1. The zero-order chi connectivity index (χ0) is 56.9. The standard InChI is InChI=1S/C26H34N2O5.C18H24O2.C8H12N2O4.C7H13NO2/c1-15(2)25(32)28-13-23(30)27-14-24(31)33-17-5-7-18-16(12-17)4-6-20-19(18)10-11-26(3)21(20)8-9-22(26)29;1-18-9-8-14-13-5-3-12(19)10-11(13)2-4-15(14)16(18)6-7-17(18)20;1-5(2)8(14)10-3-6(11)9-4-7(12)13;1-5(2)7(10)8-4-6(3)9/h5,7,12,19-22,29H,1,4,6,8-11,13-14H2,2-3H3,(H,27,30)(H,28,32);3,5,10,14-17,19-20H,2,4,6-9H2,1H3;1,3-4H2,2H3,(H,9,11)(H,10,14)(H,12,13);6,9H,1,4H2,2-3H3,(H,8,10)/t19-,20-,21+,22+,26+;14-,15-,16+,17+,18+;;/m11../s1. The number of fused-ring (bicyclic) bond motifs is 10. The minimum Gasteiger partial charge on any atom is -0.508 e. The lowest BCUT2D eigenvalue weighted by Gasteiger charge is -2.50. The molecular formula is C59H83N5O13. The van der Waals surface area contributed by atoms with Crippen molar-refractivity contribution in [2.75, 3.05) is 32.7 Å².